The summed E-state index contributed by atoms with van der Waals surface area (Å²) in [7, 11) is 0. The van der Waals surface area contributed by atoms with E-state index in [2.05, 4.69) is 38.4 Å². The van der Waals surface area contributed by atoms with E-state index in [1.165, 1.54) is 17.5 Å². The molecule has 0 unspecified atom stereocenters. The second-order valence-electron chi connectivity index (χ2n) is 6.46. The van der Waals surface area contributed by atoms with E-state index in [-0.39, 0.29) is 5.91 Å². The molecule has 0 aliphatic carbocycles. The van der Waals surface area contributed by atoms with Crippen molar-refractivity contribution in [3.05, 3.63) is 83.3 Å². The van der Waals surface area contributed by atoms with Crippen LogP contribution in [0.1, 0.15) is 27.2 Å². The van der Waals surface area contributed by atoms with Crippen molar-refractivity contribution in [2.45, 2.75) is 19.9 Å². The lowest BCUT2D eigenvalue weighted by molar-refractivity contribution is 0.0945. The zero-order valence-corrected chi connectivity index (χ0v) is 14.6. The zero-order chi connectivity index (χ0) is 17.9. The molecule has 1 amide bonds. The standard InChI is InChI=1S/C21H20N4O/c1-15-5-4-6-16(11-15)13-22-21(26)18-12-20(24-14-23-18)25-10-9-17-7-2-3-8-19(17)25/h2-8,11-12,14H,9-10,13H2,1H3,(H,22,26). The van der Waals surface area contributed by atoms with Gasteiger partial charge in [-0.1, -0.05) is 48.0 Å². The minimum atomic E-state index is -0.192. The first-order chi connectivity index (χ1) is 12.7. The number of nitrogens with zero attached hydrogens (tertiary/aromatic N) is 3. The molecule has 5 heteroatoms. The van der Waals surface area contributed by atoms with Gasteiger partial charge in [0.1, 0.15) is 17.8 Å². The van der Waals surface area contributed by atoms with E-state index in [9.17, 15) is 4.79 Å². The van der Waals surface area contributed by atoms with Gasteiger partial charge >= 0.3 is 0 Å². The maximum atomic E-state index is 12.5. The van der Waals surface area contributed by atoms with Crippen LogP contribution < -0.4 is 10.2 Å². The molecule has 4 rings (SSSR count). The predicted octanol–water partition coefficient (Wildman–Crippen LogP) is 3.41. The number of hydrogen-bond donors (Lipinski definition) is 1. The number of amides is 1. The van der Waals surface area contributed by atoms with Crippen LogP contribution in [0.5, 0.6) is 0 Å². The van der Waals surface area contributed by atoms with E-state index in [1.807, 2.05) is 37.3 Å². The summed E-state index contributed by atoms with van der Waals surface area (Å²) in [4.78, 5) is 23.1. The second kappa shape index (κ2) is 6.96. The van der Waals surface area contributed by atoms with Gasteiger partial charge < -0.3 is 10.2 Å². The van der Waals surface area contributed by atoms with E-state index in [1.54, 1.807) is 6.07 Å². The van der Waals surface area contributed by atoms with Crippen LogP contribution in [0, 0.1) is 6.92 Å². The number of anilines is 2. The van der Waals surface area contributed by atoms with Gasteiger partial charge in [0.25, 0.3) is 5.91 Å². The number of para-hydroxylation sites is 1. The van der Waals surface area contributed by atoms with Crippen LogP contribution in [-0.2, 0) is 13.0 Å². The summed E-state index contributed by atoms with van der Waals surface area (Å²) >= 11 is 0. The summed E-state index contributed by atoms with van der Waals surface area (Å²) in [5.74, 6) is 0.563. The van der Waals surface area contributed by atoms with Gasteiger partial charge in [-0.05, 0) is 30.5 Å². The molecule has 0 spiro atoms. The first kappa shape index (κ1) is 16.3. The minimum Gasteiger partial charge on any atom is -0.347 e. The van der Waals surface area contributed by atoms with Crippen molar-refractivity contribution in [2.24, 2.45) is 0 Å². The maximum absolute atomic E-state index is 12.5. The largest absolute Gasteiger partial charge is 0.347 e. The fourth-order valence-corrected chi connectivity index (χ4v) is 3.29. The SMILES string of the molecule is Cc1cccc(CNC(=O)c2cc(N3CCc4ccccc43)ncn2)c1. The fourth-order valence-electron chi connectivity index (χ4n) is 3.29. The molecular formula is C21H20N4O. The lowest BCUT2D eigenvalue weighted by Crippen LogP contribution is -2.24. The quantitative estimate of drug-likeness (QED) is 0.788. The lowest BCUT2D eigenvalue weighted by atomic mass is 10.1. The number of nitrogens with one attached hydrogen (secondary N) is 1. The number of carbonyl (C=O) groups excluding carboxylic acids is 1. The number of aromatic nitrogens is 2. The molecule has 3 aromatic rings. The lowest BCUT2D eigenvalue weighted by Gasteiger charge is -2.18. The highest BCUT2D eigenvalue weighted by atomic mass is 16.1. The minimum absolute atomic E-state index is 0.192. The van der Waals surface area contributed by atoms with Crippen LogP contribution in [-0.4, -0.2) is 22.4 Å². The Morgan fingerprint density at radius 1 is 1.12 bits per heavy atom. The summed E-state index contributed by atoms with van der Waals surface area (Å²) in [5.41, 5.74) is 5.08. The van der Waals surface area contributed by atoms with Gasteiger partial charge in [0, 0.05) is 24.8 Å². The molecule has 0 radical (unpaired) electrons. The molecule has 0 saturated heterocycles. The molecule has 2 aromatic carbocycles. The van der Waals surface area contributed by atoms with Crippen LogP contribution in [0.2, 0.25) is 0 Å². The molecule has 0 atom stereocenters. The third-order valence-electron chi connectivity index (χ3n) is 4.58. The first-order valence-corrected chi connectivity index (χ1v) is 8.72. The molecule has 2 heterocycles. The molecule has 1 aliphatic heterocycles. The van der Waals surface area contributed by atoms with Crippen molar-refractivity contribution < 1.29 is 4.79 Å². The molecule has 5 nitrogen and oxygen atoms in total. The third kappa shape index (κ3) is 3.28. The van der Waals surface area contributed by atoms with Crippen LogP contribution in [0.15, 0.2) is 60.9 Å². The van der Waals surface area contributed by atoms with Crippen molar-refractivity contribution in [3.8, 4) is 0 Å². The van der Waals surface area contributed by atoms with E-state index in [0.29, 0.717) is 12.2 Å². The van der Waals surface area contributed by atoms with Gasteiger partial charge in [0.05, 0.1) is 0 Å². The zero-order valence-electron chi connectivity index (χ0n) is 14.6. The predicted molar refractivity (Wildman–Crippen MR) is 102 cm³/mol. The molecule has 0 bridgehead atoms. The van der Waals surface area contributed by atoms with Gasteiger partial charge in [-0.3, -0.25) is 4.79 Å². The van der Waals surface area contributed by atoms with Gasteiger partial charge in [-0.15, -0.1) is 0 Å². The van der Waals surface area contributed by atoms with E-state index >= 15 is 0 Å². The smallest absolute Gasteiger partial charge is 0.270 e. The average molecular weight is 344 g/mol. The van der Waals surface area contributed by atoms with Crippen molar-refractivity contribution in [3.63, 3.8) is 0 Å². The molecule has 1 aliphatic rings. The Labute approximate surface area is 152 Å². The fraction of sp³-hybridized carbons (Fsp3) is 0.190. The number of carbonyl (C=O) groups is 1. The highest BCUT2D eigenvalue weighted by molar-refractivity contribution is 5.93. The number of fused-ring (bicyclic) bond motifs is 1. The Balaban J connectivity index is 1.50. The van der Waals surface area contributed by atoms with Crippen molar-refractivity contribution in [1.82, 2.24) is 15.3 Å². The summed E-state index contributed by atoms with van der Waals surface area (Å²) in [5, 5.41) is 2.93. The summed E-state index contributed by atoms with van der Waals surface area (Å²) < 4.78 is 0. The maximum Gasteiger partial charge on any atom is 0.270 e. The Morgan fingerprint density at radius 3 is 2.88 bits per heavy atom. The molecule has 1 aromatic heterocycles. The van der Waals surface area contributed by atoms with Crippen molar-refractivity contribution in [1.29, 1.82) is 0 Å². The molecule has 130 valence electrons. The Kier molecular flexibility index (Phi) is 4.35. The second-order valence-corrected chi connectivity index (χ2v) is 6.46. The Morgan fingerprint density at radius 2 is 2.00 bits per heavy atom. The number of hydrogen-bond acceptors (Lipinski definition) is 4. The summed E-state index contributed by atoms with van der Waals surface area (Å²) in [6.45, 7) is 3.38. The number of rotatable bonds is 4. The summed E-state index contributed by atoms with van der Waals surface area (Å²) in [6.07, 6.45) is 2.44. The number of aryl methyl sites for hydroxylation is 1. The topological polar surface area (TPSA) is 58.1 Å². The van der Waals surface area contributed by atoms with Gasteiger partial charge in [-0.2, -0.15) is 0 Å². The van der Waals surface area contributed by atoms with Crippen molar-refractivity contribution in [2.75, 3.05) is 11.4 Å². The highest BCUT2D eigenvalue weighted by Gasteiger charge is 2.21. The number of benzene rings is 2. The van der Waals surface area contributed by atoms with Gasteiger partial charge in [0.2, 0.25) is 0 Å². The van der Waals surface area contributed by atoms with Gasteiger partial charge in [-0.25, -0.2) is 9.97 Å². The van der Waals surface area contributed by atoms with E-state index in [0.717, 1.165) is 30.0 Å². The Hall–Kier alpha value is -3.21. The van der Waals surface area contributed by atoms with E-state index < -0.39 is 0 Å². The summed E-state index contributed by atoms with van der Waals surface area (Å²) in [6, 6.07) is 18.1. The highest BCUT2D eigenvalue weighted by Crippen LogP contribution is 2.32. The van der Waals surface area contributed by atoms with E-state index in [4.69, 9.17) is 0 Å². The molecule has 0 fully saturated rings. The third-order valence-corrected chi connectivity index (χ3v) is 4.58. The molecule has 0 saturated carbocycles. The van der Waals surface area contributed by atoms with Crippen LogP contribution >= 0.6 is 0 Å². The monoisotopic (exact) mass is 344 g/mol. The molecule has 26 heavy (non-hydrogen) atoms. The molecule has 1 N–H and O–H groups in total. The normalized spacial score (nSPS) is 12.7. The van der Waals surface area contributed by atoms with Gasteiger partial charge in [0.15, 0.2) is 0 Å². The van der Waals surface area contributed by atoms with Crippen LogP contribution in [0.4, 0.5) is 11.5 Å². The van der Waals surface area contributed by atoms with Crippen LogP contribution in [0.25, 0.3) is 0 Å². The Bertz CT molecular complexity index is 954. The molecular weight excluding hydrogens is 324 g/mol. The first-order valence-electron chi connectivity index (χ1n) is 8.72. The average Bonchev–Trinajstić information content (AvgIpc) is 3.10. The van der Waals surface area contributed by atoms with Crippen LogP contribution in [0.3, 0.4) is 0 Å². The van der Waals surface area contributed by atoms with Crippen molar-refractivity contribution >= 4 is 17.4 Å².